The van der Waals surface area contributed by atoms with E-state index in [0.717, 1.165) is 25.0 Å². The maximum atomic E-state index is 11.8. The van der Waals surface area contributed by atoms with Gasteiger partial charge in [0.1, 0.15) is 0 Å². The molecule has 5 heteroatoms. The largest absolute Gasteiger partial charge is 0.271 e. The van der Waals surface area contributed by atoms with Crippen molar-refractivity contribution in [2.75, 3.05) is 0 Å². The van der Waals surface area contributed by atoms with Gasteiger partial charge in [0.15, 0.2) is 0 Å². The van der Waals surface area contributed by atoms with Crippen molar-refractivity contribution in [3.63, 3.8) is 0 Å². The number of nitrogens with zero attached hydrogens (tertiary/aromatic N) is 1. The third-order valence-corrected chi connectivity index (χ3v) is 3.16. The van der Waals surface area contributed by atoms with Crippen LogP contribution in [0.25, 0.3) is 0 Å². The smallest absolute Gasteiger partial charge is 0.267 e. The maximum absolute atomic E-state index is 11.8. The van der Waals surface area contributed by atoms with Crippen molar-refractivity contribution in [3.05, 3.63) is 33.8 Å². The van der Waals surface area contributed by atoms with Crippen molar-refractivity contribution in [2.24, 2.45) is 5.10 Å². The summed E-state index contributed by atoms with van der Waals surface area (Å²) in [4.78, 5) is 11.8. The van der Waals surface area contributed by atoms with Crippen LogP contribution in [0.4, 0.5) is 0 Å². The molecule has 0 bridgehead atoms. The van der Waals surface area contributed by atoms with E-state index < -0.39 is 0 Å². The molecule has 3 nitrogen and oxygen atoms in total. The van der Waals surface area contributed by atoms with Gasteiger partial charge in [0.2, 0.25) is 0 Å². The molecule has 0 spiro atoms. The van der Waals surface area contributed by atoms with Crippen LogP contribution in [-0.4, -0.2) is 11.6 Å². The summed E-state index contributed by atoms with van der Waals surface area (Å²) in [6.45, 7) is 4.01. The van der Waals surface area contributed by atoms with Crippen LogP contribution in [0, 0.1) is 0 Å². The predicted octanol–water partition coefficient (Wildman–Crippen LogP) is 4.29. The monoisotopic (exact) mass is 286 g/mol. The first-order chi connectivity index (χ1) is 8.54. The Hall–Kier alpha value is -1.06. The summed E-state index contributed by atoms with van der Waals surface area (Å²) in [5, 5.41) is 4.82. The summed E-state index contributed by atoms with van der Waals surface area (Å²) < 4.78 is 0. The molecule has 0 aliphatic heterocycles. The maximum Gasteiger partial charge on any atom is 0.271 e. The number of carbonyl (C=O) groups excluding carboxylic acids is 1. The fourth-order valence-electron chi connectivity index (χ4n) is 1.34. The molecule has 0 saturated heterocycles. The van der Waals surface area contributed by atoms with E-state index >= 15 is 0 Å². The van der Waals surface area contributed by atoms with E-state index in [-0.39, 0.29) is 5.91 Å². The Balaban J connectivity index is 2.62. The molecule has 0 aliphatic rings. The summed E-state index contributed by atoms with van der Waals surface area (Å²) in [6.07, 6.45) is 3.06. The number of hydrogen-bond donors (Lipinski definition) is 1. The molecular weight excluding hydrogens is 271 g/mol. The van der Waals surface area contributed by atoms with Crippen molar-refractivity contribution in [3.8, 4) is 0 Å². The lowest BCUT2D eigenvalue weighted by molar-refractivity contribution is 0.0954. The Morgan fingerprint density at radius 2 is 2.06 bits per heavy atom. The number of rotatable bonds is 5. The van der Waals surface area contributed by atoms with Crippen molar-refractivity contribution >= 4 is 34.8 Å². The molecule has 0 atom stereocenters. The van der Waals surface area contributed by atoms with Crippen molar-refractivity contribution in [2.45, 2.75) is 33.1 Å². The van der Waals surface area contributed by atoms with Crippen molar-refractivity contribution < 1.29 is 4.79 Å². The molecule has 0 aromatic heterocycles. The minimum Gasteiger partial charge on any atom is -0.267 e. The SMILES string of the molecule is CCCC/C(C)=N/NC(=O)c1ccc(Cl)c(Cl)c1. The van der Waals surface area contributed by atoms with Crippen LogP contribution in [0.2, 0.25) is 10.0 Å². The second-order valence-corrected chi connectivity index (χ2v) is 4.83. The molecular formula is C13H16Cl2N2O. The first-order valence-electron chi connectivity index (χ1n) is 5.83. The van der Waals surface area contributed by atoms with Gasteiger partial charge in [-0.05, 0) is 38.0 Å². The Labute approximate surface area is 117 Å². The summed E-state index contributed by atoms with van der Waals surface area (Å²) in [7, 11) is 0. The van der Waals surface area contributed by atoms with Gasteiger partial charge in [0.25, 0.3) is 5.91 Å². The molecule has 0 aliphatic carbocycles. The fraction of sp³-hybridized carbons (Fsp3) is 0.385. The van der Waals surface area contributed by atoms with Crippen LogP contribution >= 0.6 is 23.2 Å². The zero-order valence-corrected chi connectivity index (χ0v) is 12.0. The zero-order valence-electron chi connectivity index (χ0n) is 10.5. The van der Waals surface area contributed by atoms with Crippen LogP contribution in [-0.2, 0) is 0 Å². The first kappa shape index (κ1) is 15.0. The first-order valence-corrected chi connectivity index (χ1v) is 6.58. The number of unbranched alkanes of at least 4 members (excludes halogenated alkanes) is 1. The van der Waals surface area contributed by atoms with Crippen LogP contribution in [0.3, 0.4) is 0 Å². The summed E-state index contributed by atoms with van der Waals surface area (Å²) in [5.41, 5.74) is 3.85. The van der Waals surface area contributed by atoms with E-state index in [1.807, 2.05) is 6.92 Å². The highest BCUT2D eigenvalue weighted by molar-refractivity contribution is 6.42. The quantitative estimate of drug-likeness (QED) is 0.637. The topological polar surface area (TPSA) is 41.5 Å². The Morgan fingerprint density at radius 3 is 2.67 bits per heavy atom. The number of amides is 1. The van der Waals surface area contributed by atoms with Crippen LogP contribution in [0.1, 0.15) is 43.5 Å². The molecule has 0 unspecified atom stereocenters. The van der Waals surface area contributed by atoms with E-state index in [9.17, 15) is 4.79 Å². The van der Waals surface area contributed by atoms with E-state index in [0.29, 0.717) is 15.6 Å². The Bertz CT molecular complexity index is 458. The Kier molecular flexibility index (Phi) is 6.16. The average molecular weight is 287 g/mol. The number of hydrazone groups is 1. The summed E-state index contributed by atoms with van der Waals surface area (Å²) >= 11 is 11.6. The van der Waals surface area contributed by atoms with Gasteiger partial charge in [-0.2, -0.15) is 5.10 Å². The highest BCUT2D eigenvalue weighted by Gasteiger charge is 2.07. The van der Waals surface area contributed by atoms with E-state index in [1.54, 1.807) is 12.1 Å². The highest BCUT2D eigenvalue weighted by Crippen LogP contribution is 2.22. The molecule has 0 heterocycles. The highest BCUT2D eigenvalue weighted by atomic mass is 35.5. The number of carbonyl (C=O) groups is 1. The lowest BCUT2D eigenvalue weighted by Gasteiger charge is -2.03. The van der Waals surface area contributed by atoms with Gasteiger partial charge in [-0.15, -0.1) is 0 Å². The van der Waals surface area contributed by atoms with Gasteiger partial charge in [0, 0.05) is 11.3 Å². The van der Waals surface area contributed by atoms with Gasteiger partial charge in [-0.25, -0.2) is 5.43 Å². The molecule has 1 aromatic carbocycles. The minimum absolute atomic E-state index is 0.288. The van der Waals surface area contributed by atoms with Crippen molar-refractivity contribution in [1.29, 1.82) is 0 Å². The molecule has 1 N–H and O–H groups in total. The minimum atomic E-state index is -0.288. The zero-order chi connectivity index (χ0) is 13.5. The predicted molar refractivity (Wildman–Crippen MR) is 76.6 cm³/mol. The van der Waals surface area contributed by atoms with Gasteiger partial charge in [-0.3, -0.25) is 4.79 Å². The van der Waals surface area contributed by atoms with Gasteiger partial charge >= 0.3 is 0 Å². The summed E-state index contributed by atoms with van der Waals surface area (Å²) in [6, 6.07) is 4.73. The van der Waals surface area contributed by atoms with Crippen LogP contribution in [0.15, 0.2) is 23.3 Å². The van der Waals surface area contributed by atoms with Crippen LogP contribution in [0.5, 0.6) is 0 Å². The van der Waals surface area contributed by atoms with Crippen molar-refractivity contribution in [1.82, 2.24) is 5.43 Å². The molecule has 0 saturated carbocycles. The van der Waals surface area contributed by atoms with Crippen LogP contribution < -0.4 is 5.43 Å². The molecule has 18 heavy (non-hydrogen) atoms. The second kappa shape index (κ2) is 7.39. The third-order valence-electron chi connectivity index (χ3n) is 2.42. The Morgan fingerprint density at radius 1 is 1.33 bits per heavy atom. The van der Waals surface area contributed by atoms with Gasteiger partial charge in [0.05, 0.1) is 10.0 Å². The number of benzene rings is 1. The molecule has 0 fully saturated rings. The van der Waals surface area contributed by atoms with Gasteiger partial charge in [-0.1, -0.05) is 36.5 Å². The fourth-order valence-corrected chi connectivity index (χ4v) is 1.63. The van der Waals surface area contributed by atoms with E-state index in [4.69, 9.17) is 23.2 Å². The molecule has 1 rings (SSSR count). The molecule has 1 amide bonds. The number of hydrogen-bond acceptors (Lipinski definition) is 2. The normalized spacial score (nSPS) is 11.4. The molecule has 1 aromatic rings. The lowest BCUT2D eigenvalue weighted by Crippen LogP contribution is -2.19. The standard InChI is InChI=1S/C13H16Cl2N2O/c1-3-4-5-9(2)16-17-13(18)10-6-7-11(14)12(15)8-10/h6-8H,3-5H2,1-2H3,(H,17,18)/b16-9+. The second-order valence-electron chi connectivity index (χ2n) is 4.02. The van der Waals surface area contributed by atoms with E-state index in [1.165, 1.54) is 6.07 Å². The average Bonchev–Trinajstić information content (AvgIpc) is 2.36. The third kappa shape index (κ3) is 4.67. The van der Waals surface area contributed by atoms with Gasteiger partial charge < -0.3 is 0 Å². The lowest BCUT2D eigenvalue weighted by atomic mass is 10.2. The molecule has 0 radical (unpaired) electrons. The number of nitrogens with one attached hydrogen (secondary N) is 1. The summed E-state index contributed by atoms with van der Waals surface area (Å²) in [5.74, 6) is -0.288. The molecule has 98 valence electrons. The van der Waals surface area contributed by atoms with E-state index in [2.05, 4.69) is 17.5 Å². The number of halogens is 2.